The second-order valence-electron chi connectivity index (χ2n) is 6.93. The summed E-state index contributed by atoms with van der Waals surface area (Å²) in [6.07, 6.45) is 3.52. The van der Waals surface area contributed by atoms with Crippen LogP contribution in [0.2, 0.25) is 0 Å². The number of thiophene rings is 1. The highest BCUT2D eigenvalue weighted by molar-refractivity contribution is 7.80. The van der Waals surface area contributed by atoms with Crippen LogP contribution in [-0.4, -0.2) is 48.3 Å². The summed E-state index contributed by atoms with van der Waals surface area (Å²) in [7, 11) is 2.21. The Morgan fingerprint density at radius 2 is 2.00 bits per heavy atom. The molecule has 0 saturated carbocycles. The second kappa shape index (κ2) is 7.94. The van der Waals surface area contributed by atoms with E-state index in [2.05, 4.69) is 40.4 Å². The predicted molar refractivity (Wildman–Crippen MR) is 109 cm³/mol. The molecule has 4 rings (SSSR count). The molecule has 1 aromatic heterocycles. The monoisotopic (exact) mass is 388 g/mol. The van der Waals surface area contributed by atoms with Gasteiger partial charge in [0.25, 0.3) is 0 Å². The Bertz CT molecular complexity index is 776. The van der Waals surface area contributed by atoms with E-state index in [1.807, 2.05) is 17.4 Å². The average Bonchev–Trinajstić information content (AvgIpc) is 3.35. The minimum atomic E-state index is 0.313. The van der Waals surface area contributed by atoms with Crippen LogP contribution < -0.4 is 9.47 Å². The Morgan fingerprint density at radius 3 is 2.81 bits per heavy atom. The van der Waals surface area contributed by atoms with Crippen molar-refractivity contribution in [2.45, 2.75) is 25.8 Å². The van der Waals surface area contributed by atoms with Gasteiger partial charge in [-0.1, -0.05) is 18.3 Å². The van der Waals surface area contributed by atoms with E-state index < -0.39 is 0 Å². The number of ether oxygens (including phenoxy) is 2. The number of fused-ring (bicyclic) bond motifs is 2. The molecule has 0 radical (unpaired) electrons. The SMILES string of the molecule is CN(CCCc1cccs1)CCCN1Cc2cc3c(cc2C1=S)OCO3. The third-order valence-electron chi connectivity index (χ3n) is 4.99. The summed E-state index contributed by atoms with van der Waals surface area (Å²) in [5.41, 5.74) is 2.39. The third-order valence-corrected chi connectivity index (χ3v) is 6.40. The Morgan fingerprint density at radius 1 is 1.19 bits per heavy atom. The number of rotatable bonds is 8. The topological polar surface area (TPSA) is 24.9 Å². The van der Waals surface area contributed by atoms with E-state index in [-0.39, 0.29) is 0 Å². The highest BCUT2D eigenvalue weighted by atomic mass is 32.1. The minimum absolute atomic E-state index is 0.313. The first-order valence-electron chi connectivity index (χ1n) is 9.13. The maximum Gasteiger partial charge on any atom is 0.231 e. The molecule has 0 unspecified atom stereocenters. The lowest BCUT2D eigenvalue weighted by atomic mass is 10.1. The molecule has 1 aromatic carbocycles. The predicted octanol–water partition coefficient (Wildman–Crippen LogP) is 3.92. The van der Waals surface area contributed by atoms with E-state index in [0.717, 1.165) is 54.7 Å². The number of aryl methyl sites for hydroxylation is 1. The molecule has 2 aliphatic heterocycles. The lowest BCUT2D eigenvalue weighted by molar-refractivity contribution is 0.174. The second-order valence-corrected chi connectivity index (χ2v) is 8.35. The van der Waals surface area contributed by atoms with Crippen LogP contribution in [0.5, 0.6) is 11.5 Å². The van der Waals surface area contributed by atoms with Crippen LogP contribution >= 0.6 is 23.6 Å². The van der Waals surface area contributed by atoms with Gasteiger partial charge >= 0.3 is 0 Å². The molecule has 26 heavy (non-hydrogen) atoms. The fraction of sp³-hybridized carbons (Fsp3) is 0.450. The molecule has 0 aliphatic carbocycles. The van der Waals surface area contributed by atoms with Crippen molar-refractivity contribution >= 4 is 28.5 Å². The normalized spacial score (nSPS) is 15.2. The van der Waals surface area contributed by atoms with Crippen molar-refractivity contribution in [2.24, 2.45) is 0 Å². The van der Waals surface area contributed by atoms with Crippen molar-refractivity contribution in [2.75, 3.05) is 33.5 Å². The molecule has 138 valence electrons. The van der Waals surface area contributed by atoms with Gasteiger partial charge in [0.15, 0.2) is 11.5 Å². The van der Waals surface area contributed by atoms with Crippen LogP contribution in [0.25, 0.3) is 0 Å². The molecule has 0 N–H and O–H groups in total. The molecular weight excluding hydrogens is 364 g/mol. The zero-order valence-corrected chi connectivity index (χ0v) is 16.7. The Kier molecular flexibility index (Phi) is 5.43. The Hall–Kier alpha value is -1.63. The molecule has 0 bridgehead atoms. The molecule has 0 saturated heterocycles. The zero-order valence-electron chi connectivity index (χ0n) is 15.1. The van der Waals surface area contributed by atoms with Crippen molar-refractivity contribution in [1.29, 1.82) is 0 Å². The summed E-state index contributed by atoms with van der Waals surface area (Å²) in [6, 6.07) is 8.48. The maximum atomic E-state index is 5.68. The molecule has 0 amide bonds. The van der Waals surface area contributed by atoms with E-state index in [1.165, 1.54) is 23.3 Å². The highest BCUT2D eigenvalue weighted by Crippen LogP contribution is 2.38. The van der Waals surface area contributed by atoms with E-state index in [4.69, 9.17) is 21.7 Å². The molecule has 0 fully saturated rings. The molecule has 3 heterocycles. The smallest absolute Gasteiger partial charge is 0.231 e. The maximum absolute atomic E-state index is 5.68. The van der Waals surface area contributed by atoms with Crippen LogP contribution in [-0.2, 0) is 13.0 Å². The van der Waals surface area contributed by atoms with Gasteiger partial charge in [0.1, 0.15) is 4.99 Å². The van der Waals surface area contributed by atoms with E-state index in [1.54, 1.807) is 0 Å². The number of nitrogens with zero attached hydrogens (tertiary/aromatic N) is 2. The van der Waals surface area contributed by atoms with Crippen LogP contribution in [0.3, 0.4) is 0 Å². The molecule has 2 aromatic rings. The lowest BCUT2D eigenvalue weighted by Crippen LogP contribution is -2.28. The summed E-state index contributed by atoms with van der Waals surface area (Å²) in [5.74, 6) is 1.66. The number of hydrogen-bond donors (Lipinski definition) is 0. The van der Waals surface area contributed by atoms with Gasteiger partial charge in [0.05, 0.1) is 0 Å². The van der Waals surface area contributed by atoms with Gasteiger partial charge in [0, 0.05) is 23.5 Å². The van der Waals surface area contributed by atoms with Gasteiger partial charge in [-0.3, -0.25) is 0 Å². The largest absolute Gasteiger partial charge is 0.454 e. The fourth-order valence-electron chi connectivity index (χ4n) is 3.56. The molecule has 4 nitrogen and oxygen atoms in total. The van der Waals surface area contributed by atoms with Crippen LogP contribution in [0.1, 0.15) is 28.8 Å². The van der Waals surface area contributed by atoms with Crippen molar-refractivity contribution < 1.29 is 9.47 Å². The van der Waals surface area contributed by atoms with Gasteiger partial charge in [-0.15, -0.1) is 11.3 Å². The van der Waals surface area contributed by atoms with Gasteiger partial charge in [0.2, 0.25) is 6.79 Å². The van der Waals surface area contributed by atoms with Crippen molar-refractivity contribution in [3.05, 3.63) is 45.6 Å². The highest BCUT2D eigenvalue weighted by Gasteiger charge is 2.27. The van der Waals surface area contributed by atoms with Gasteiger partial charge in [-0.2, -0.15) is 0 Å². The van der Waals surface area contributed by atoms with Crippen LogP contribution in [0.15, 0.2) is 29.6 Å². The first-order chi connectivity index (χ1) is 12.7. The van der Waals surface area contributed by atoms with Crippen LogP contribution in [0.4, 0.5) is 0 Å². The summed E-state index contributed by atoms with van der Waals surface area (Å²) in [6.45, 7) is 4.43. The lowest BCUT2D eigenvalue weighted by Gasteiger charge is -2.21. The third kappa shape index (κ3) is 3.87. The average molecular weight is 389 g/mol. The van der Waals surface area contributed by atoms with Gasteiger partial charge in [-0.25, -0.2) is 0 Å². The molecule has 6 heteroatoms. The van der Waals surface area contributed by atoms with Crippen LogP contribution in [0, 0.1) is 0 Å². The van der Waals surface area contributed by atoms with E-state index >= 15 is 0 Å². The Balaban J connectivity index is 1.21. The number of thiocarbonyl (C=S) groups is 1. The first-order valence-corrected chi connectivity index (χ1v) is 10.4. The summed E-state index contributed by atoms with van der Waals surface area (Å²) in [5, 5.41) is 2.16. The number of hydrogen-bond acceptors (Lipinski definition) is 5. The quantitative estimate of drug-likeness (QED) is 0.638. The zero-order chi connectivity index (χ0) is 17.9. The molecule has 0 spiro atoms. The van der Waals surface area contributed by atoms with E-state index in [9.17, 15) is 0 Å². The fourth-order valence-corrected chi connectivity index (χ4v) is 4.66. The minimum Gasteiger partial charge on any atom is -0.454 e. The molecule has 2 aliphatic rings. The van der Waals surface area contributed by atoms with Crippen molar-refractivity contribution in [1.82, 2.24) is 9.80 Å². The van der Waals surface area contributed by atoms with E-state index in [0.29, 0.717) is 6.79 Å². The summed E-state index contributed by atoms with van der Waals surface area (Å²) < 4.78 is 11.0. The first kappa shape index (κ1) is 17.8. The summed E-state index contributed by atoms with van der Waals surface area (Å²) >= 11 is 7.53. The Labute approximate surface area is 164 Å². The van der Waals surface area contributed by atoms with Gasteiger partial charge in [-0.05, 0) is 68.5 Å². The molecular formula is C20H24N2O2S2. The standard InChI is InChI=1S/C20H24N2O2S2/c1-21(7-2-5-16-6-3-10-26-16)8-4-9-22-13-15-11-18-19(24-14-23-18)12-17(15)20(22)25/h3,6,10-12H,2,4-5,7-9,13-14H2,1H3. The molecule has 0 atom stereocenters. The number of benzene rings is 1. The van der Waals surface area contributed by atoms with Crippen molar-refractivity contribution in [3.8, 4) is 11.5 Å². The van der Waals surface area contributed by atoms with Crippen molar-refractivity contribution in [3.63, 3.8) is 0 Å². The van der Waals surface area contributed by atoms with Gasteiger partial charge < -0.3 is 19.3 Å². The summed E-state index contributed by atoms with van der Waals surface area (Å²) in [4.78, 5) is 7.15.